The molecule has 17 heavy (non-hydrogen) atoms. The average molecular weight is 225 g/mol. The summed E-state index contributed by atoms with van der Waals surface area (Å²) < 4.78 is 10.4. The largest absolute Gasteiger partial charge is 0.485 e. The second-order valence-corrected chi connectivity index (χ2v) is 3.41. The second kappa shape index (κ2) is 5.57. The minimum Gasteiger partial charge on any atom is -0.485 e. The molecular formula is C14H11NO2. The first-order chi connectivity index (χ1) is 8.40. The molecule has 0 atom stereocenters. The molecule has 0 aliphatic heterocycles. The fraction of sp³-hybridized carbons (Fsp3) is 0.0714. The third-order valence-electron chi connectivity index (χ3n) is 2.24. The zero-order valence-electron chi connectivity index (χ0n) is 9.17. The Morgan fingerprint density at radius 1 is 0.882 bits per heavy atom. The minimum absolute atomic E-state index is 0.436. The molecule has 3 heteroatoms. The van der Waals surface area contributed by atoms with E-state index in [1.54, 1.807) is 24.5 Å². The van der Waals surface area contributed by atoms with Gasteiger partial charge in [0.2, 0.25) is 0 Å². The summed E-state index contributed by atoms with van der Waals surface area (Å²) in [5, 5.41) is 8.50. The highest BCUT2D eigenvalue weighted by atomic mass is 16.5. The van der Waals surface area contributed by atoms with Crippen molar-refractivity contribution in [1.82, 2.24) is 0 Å². The van der Waals surface area contributed by atoms with Gasteiger partial charge in [-0.1, -0.05) is 42.5 Å². The maximum atomic E-state index is 8.50. The van der Waals surface area contributed by atoms with Crippen molar-refractivity contribution in [3.63, 3.8) is 0 Å². The van der Waals surface area contributed by atoms with Crippen LogP contribution in [0.2, 0.25) is 0 Å². The number of ether oxygens (including phenoxy) is 2. The lowest BCUT2D eigenvalue weighted by atomic mass is 10.2. The summed E-state index contributed by atoms with van der Waals surface area (Å²) in [4.78, 5) is 0. The van der Waals surface area contributed by atoms with Crippen LogP contribution in [0.5, 0.6) is 11.5 Å². The Labute approximate surface area is 99.8 Å². The van der Waals surface area contributed by atoms with E-state index in [-0.39, 0.29) is 0 Å². The van der Waals surface area contributed by atoms with Crippen LogP contribution in [0, 0.1) is 11.5 Å². The van der Waals surface area contributed by atoms with E-state index in [4.69, 9.17) is 14.7 Å². The molecule has 0 aliphatic rings. The van der Waals surface area contributed by atoms with Crippen molar-refractivity contribution in [3.8, 4) is 17.8 Å². The van der Waals surface area contributed by atoms with Crippen LogP contribution in [0.15, 0.2) is 54.6 Å². The number of para-hydroxylation sites is 2. The Morgan fingerprint density at radius 3 is 2.24 bits per heavy atom. The topological polar surface area (TPSA) is 42.2 Å². The lowest BCUT2D eigenvalue weighted by molar-refractivity contribution is 0.293. The summed E-state index contributed by atoms with van der Waals surface area (Å²) in [6.07, 6.45) is 1.64. The molecule has 0 N–H and O–H groups in total. The van der Waals surface area contributed by atoms with E-state index in [9.17, 15) is 0 Å². The molecule has 84 valence electrons. The molecular weight excluding hydrogens is 214 g/mol. The van der Waals surface area contributed by atoms with Crippen LogP contribution in [0.4, 0.5) is 0 Å². The van der Waals surface area contributed by atoms with Crippen LogP contribution >= 0.6 is 0 Å². The summed E-state index contributed by atoms with van der Waals surface area (Å²) in [7, 11) is 0. The highest BCUT2D eigenvalue weighted by Gasteiger charge is 2.03. The Balaban J connectivity index is 2.07. The van der Waals surface area contributed by atoms with Crippen LogP contribution < -0.4 is 9.47 Å². The molecule has 0 aliphatic carbocycles. The van der Waals surface area contributed by atoms with Gasteiger partial charge in [0.15, 0.2) is 11.5 Å². The summed E-state index contributed by atoms with van der Waals surface area (Å²) in [5.74, 6) is 1.00. The van der Waals surface area contributed by atoms with E-state index in [1.165, 1.54) is 0 Å². The SMILES string of the molecule is N#COc1ccccc1OCc1ccccc1. The molecule has 0 fully saturated rings. The molecule has 0 unspecified atom stereocenters. The molecule has 0 heterocycles. The normalized spacial score (nSPS) is 9.35. The van der Waals surface area contributed by atoms with Gasteiger partial charge in [-0.15, -0.1) is 5.26 Å². The van der Waals surface area contributed by atoms with Gasteiger partial charge in [-0.05, 0) is 17.7 Å². The zero-order chi connectivity index (χ0) is 11.9. The van der Waals surface area contributed by atoms with Gasteiger partial charge in [0, 0.05) is 0 Å². The molecule has 0 saturated heterocycles. The van der Waals surface area contributed by atoms with Crippen molar-refractivity contribution in [2.75, 3.05) is 0 Å². The van der Waals surface area contributed by atoms with Crippen molar-refractivity contribution in [1.29, 1.82) is 5.26 Å². The van der Waals surface area contributed by atoms with Crippen molar-refractivity contribution < 1.29 is 9.47 Å². The Hall–Kier alpha value is -2.47. The van der Waals surface area contributed by atoms with E-state index >= 15 is 0 Å². The van der Waals surface area contributed by atoms with E-state index in [1.807, 2.05) is 36.4 Å². The number of nitriles is 1. The smallest absolute Gasteiger partial charge is 0.292 e. The van der Waals surface area contributed by atoms with E-state index < -0.39 is 0 Å². The molecule has 2 aromatic rings. The van der Waals surface area contributed by atoms with Crippen LogP contribution in [-0.2, 0) is 6.61 Å². The fourth-order valence-corrected chi connectivity index (χ4v) is 1.44. The van der Waals surface area contributed by atoms with Gasteiger partial charge in [0.1, 0.15) is 6.61 Å². The van der Waals surface area contributed by atoms with Gasteiger partial charge in [-0.3, -0.25) is 0 Å². The number of benzene rings is 2. The van der Waals surface area contributed by atoms with Gasteiger partial charge in [0.25, 0.3) is 6.26 Å². The highest BCUT2D eigenvalue weighted by Crippen LogP contribution is 2.26. The van der Waals surface area contributed by atoms with E-state index in [0.29, 0.717) is 18.1 Å². The lowest BCUT2D eigenvalue weighted by Crippen LogP contribution is -1.96. The summed E-state index contributed by atoms with van der Waals surface area (Å²) in [6.45, 7) is 0.451. The average Bonchev–Trinajstić information content (AvgIpc) is 2.39. The first-order valence-electron chi connectivity index (χ1n) is 5.22. The van der Waals surface area contributed by atoms with Crippen LogP contribution in [-0.4, -0.2) is 0 Å². The van der Waals surface area contributed by atoms with E-state index in [2.05, 4.69) is 0 Å². The van der Waals surface area contributed by atoms with Crippen molar-refractivity contribution in [3.05, 3.63) is 60.2 Å². The molecule has 3 nitrogen and oxygen atoms in total. The molecule has 0 spiro atoms. The summed E-state index contributed by atoms with van der Waals surface area (Å²) in [5.41, 5.74) is 1.07. The van der Waals surface area contributed by atoms with Gasteiger partial charge >= 0.3 is 0 Å². The first kappa shape index (κ1) is 11.0. The first-order valence-corrected chi connectivity index (χ1v) is 5.22. The van der Waals surface area contributed by atoms with Gasteiger partial charge < -0.3 is 9.47 Å². The lowest BCUT2D eigenvalue weighted by Gasteiger charge is -2.08. The van der Waals surface area contributed by atoms with Gasteiger partial charge in [-0.2, -0.15) is 0 Å². The zero-order valence-corrected chi connectivity index (χ0v) is 9.17. The Morgan fingerprint density at radius 2 is 1.53 bits per heavy atom. The molecule has 0 amide bonds. The van der Waals surface area contributed by atoms with Gasteiger partial charge in [-0.25, -0.2) is 0 Å². The predicted octanol–water partition coefficient (Wildman–Crippen LogP) is 3.13. The Kier molecular flexibility index (Phi) is 3.61. The third-order valence-corrected chi connectivity index (χ3v) is 2.24. The third kappa shape index (κ3) is 2.99. The maximum Gasteiger partial charge on any atom is 0.292 e. The highest BCUT2D eigenvalue weighted by molar-refractivity contribution is 5.40. The molecule has 0 saturated carbocycles. The van der Waals surface area contributed by atoms with Crippen molar-refractivity contribution >= 4 is 0 Å². The number of nitrogens with zero attached hydrogens (tertiary/aromatic N) is 1. The van der Waals surface area contributed by atoms with E-state index in [0.717, 1.165) is 5.56 Å². The van der Waals surface area contributed by atoms with Crippen molar-refractivity contribution in [2.45, 2.75) is 6.61 Å². The molecule has 0 radical (unpaired) electrons. The summed E-state index contributed by atoms with van der Waals surface area (Å²) >= 11 is 0. The quantitative estimate of drug-likeness (QED) is 0.751. The summed E-state index contributed by atoms with van der Waals surface area (Å²) in [6, 6.07) is 16.9. The number of hydrogen-bond acceptors (Lipinski definition) is 3. The molecule has 2 rings (SSSR count). The second-order valence-electron chi connectivity index (χ2n) is 3.41. The van der Waals surface area contributed by atoms with Crippen LogP contribution in [0.1, 0.15) is 5.56 Å². The Bertz CT molecular complexity index is 517. The number of rotatable bonds is 4. The fourth-order valence-electron chi connectivity index (χ4n) is 1.44. The molecule has 2 aromatic carbocycles. The molecule has 0 bridgehead atoms. The minimum atomic E-state index is 0.436. The van der Waals surface area contributed by atoms with Crippen molar-refractivity contribution in [2.24, 2.45) is 0 Å². The number of hydrogen-bond donors (Lipinski definition) is 0. The maximum absolute atomic E-state index is 8.50. The molecule has 0 aromatic heterocycles. The van der Waals surface area contributed by atoms with Crippen LogP contribution in [0.3, 0.4) is 0 Å². The van der Waals surface area contributed by atoms with Gasteiger partial charge in [0.05, 0.1) is 0 Å². The standard InChI is InChI=1S/C14H11NO2/c15-11-17-14-9-5-4-8-13(14)16-10-12-6-2-1-3-7-12/h1-9H,10H2. The van der Waals surface area contributed by atoms with Crippen LogP contribution in [0.25, 0.3) is 0 Å². The monoisotopic (exact) mass is 225 g/mol. The predicted molar refractivity (Wildman–Crippen MR) is 63.5 cm³/mol.